The molecular formula is C34H43NO3. The van der Waals surface area contributed by atoms with E-state index in [0.717, 1.165) is 41.6 Å². The van der Waals surface area contributed by atoms with Crippen molar-refractivity contribution in [1.82, 2.24) is 4.98 Å². The monoisotopic (exact) mass is 513 g/mol. The summed E-state index contributed by atoms with van der Waals surface area (Å²) in [7, 11) is 0. The quantitative estimate of drug-likeness (QED) is 0.282. The van der Waals surface area contributed by atoms with Crippen LogP contribution in [0.25, 0.3) is 17.3 Å². The van der Waals surface area contributed by atoms with Crippen LogP contribution in [0, 0.1) is 6.92 Å². The number of rotatable bonds is 11. The molecule has 1 fully saturated rings. The SMILES string of the molecule is CCC(O)(/C=C/c1ccc(C(CC)(CC)c2ccc(-c3ccc(CC4OC(C)O4)cn3)cc2)cc1C)CC. The first kappa shape index (κ1) is 28.2. The van der Waals surface area contributed by atoms with Crippen LogP contribution >= 0.6 is 0 Å². The molecule has 202 valence electrons. The normalized spacial score (nSPS) is 18.1. The molecule has 2 aromatic carbocycles. The molecule has 0 amide bonds. The topological polar surface area (TPSA) is 51.6 Å². The van der Waals surface area contributed by atoms with Gasteiger partial charge in [0.25, 0.3) is 0 Å². The third-order valence-corrected chi connectivity index (χ3v) is 8.47. The van der Waals surface area contributed by atoms with Crippen molar-refractivity contribution >= 4 is 6.08 Å². The first-order valence-electron chi connectivity index (χ1n) is 14.1. The minimum Gasteiger partial charge on any atom is -0.386 e. The van der Waals surface area contributed by atoms with Gasteiger partial charge in [-0.2, -0.15) is 0 Å². The molecule has 0 unspecified atom stereocenters. The van der Waals surface area contributed by atoms with Crippen LogP contribution in [-0.2, 0) is 21.3 Å². The van der Waals surface area contributed by atoms with Crippen LogP contribution in [0.4, 0.5) is 0 Å². The second kappa shape index (κ2) is 11.9. The van der Waals surface area contributed by atoms with E-state index in [-0.39, 0.29) is 18.0 Å². The zero-order valence-electron chi connectivity index (χ0n) is 23.8. The maximum Gasteiger partial charge on any atom is 0.167 e. The summed E-state index contributed by atoms with van der Waals surface area (Å²) in [5.74, 6) is 0. The molecule has 0 saturated carbocycles. The van der Waals surface area contributed by atoms with E-state index in [2.05, 4.69) is 81.4 Å². The number of ether oxygens (including phenoxy) is 2. The van der Waals surface area contributed by atoms with E-state index in [1.165, 1.54) is 16.7 Å². The highest BCUT2D eigenvalue weighted by molar-refractivity contribution is 5.61. The van der Waals surface area contributed by atoms with Gasteiger partial charge in [-0.25, -0.2) is 0 Å². The largest absolute Gasteiger partial charge is 0.386 e. The van der Waals surface area contributed by atoms with Gasteiger partial charge in [-0.05, 0) is 73.4 Å². The Bertz CT molecular complexity index is 1220. The minimum absolute atomic E-state index is 0.0592. The number of aliphatic hydroxyl groups is 1. The summed E-state index contributed by atoms with van der Waals surface area (Å²) in [5, 5.41) is 10.7. The molecule has 3 aromatic rings. The second-order valence-corrected chi connectivity index (χ2v) is 10.6. The fraction of sp³-hybridized carbons (Fsp3) is 0.441. The number of benzene rings is 2. The van der Waals surface area contributed by atoms with Gasteiger partial charge in [0, 0.05) is 23.6 Å². The van der Waals surface area contributed by atoms with Crippen LogP contribution in [0.3, 0.4) is 0 Å². The molecule has 2 heterocycles. The highest BCUT2D eigenvalue weighted by Gasteiger charge is 2.31. The van der Waals surface area contributed by atoms with Gasteiger partial charge in [0.2, 0.25) is 0 Å². The lowest BCUT2D eigenvalue weighted by atomic mass is 9.70. The van der Waals surface area contributed by atoms with Crippen LogP contribution < -0.4 is 0 Å². The highest BCUT2D eigenvalue weighted by atomic mass is 16.9. The lowest BCUT2D eigenvalue weighted by molar-refractivity contribution is -0.374. The van der Waals surface area contributed by atoms with Gasteiger partial charge < -0.3 is 14.6 Å². The summed E-state index contributed by atoms with van der Waals surface area (Å²) in [6.07, 6.45) is 9.87. The number of nitrogens with zero attached hydrogens (tertiary/aromatic N) is 1. The molecule has 1 N–H and O–H groups in total. The molecule has 38 heavy (non-hydrogen) atoms. The molecule has 0 bridgehead atoms. The van der Waals surface area contributed by atoms with Crippen molar-refractivity contribution in [2.75, 3.05) is 0 Å². The Morgan fingerprint density at radius 1 is 0.868 bits per heavy atom. The zero-order valence-corrected chi connectivity index (χ0v) is 23.8. The van der Waals surface area contributed by atoms with Gasteiger partial charge in [0.05, 0.1) is 11.3 Å². The molecule has 0 aliphatic carbocycles. The molecule has 0 spiro atoms. The Balaban J connectivity index is 1.55. The molecule has 1 aliphatic rings. The molecule has 0 radical (unpaired) electrons. The number of hydrogen-bond donors (Lipinski definition) is 1. The van der Waals surface area contributed by atoms with E-state index in [4.69, 9.17) is 14.5 Å². The molecule has 4 nitrogen and oxygen atoms in total. The zero-order chi connectivity index (χ0) is 27.3. The maximum absolute atomic E-state index is 10.7. The van der Waals surface area contributed by atoms with Crippen molar-refractivity contribution in [3.63, 3.8) is 0 Å². The highest BCUT2D eigenvalue weighted by Crippen LogP contribution is 2.40. The third kappa shape index (κ3) is 5.93. The standard InChI is InChI=1S/C34H43NO3/c1-7-33(36,8-2)20-19-27-12-17-30(21-24(27)5)34(9-3,10-4)29-15-13-28(14-16-29)31-18-11-26(23-35-31)22-32-37-25(6)38-32/h11-21,23,25,32,36H,7-10,22H2,1-6H3/b20-19+. The van der Waals surface area contributed by atoms with Gasteiger partial charge >= 0.3 is 0 Å². The first-order chi connectivity index (χ1) is 18.3. The average molecular weight is 514 g/mol. The predicted molar refractivity (Wildman–Crippen MR) is 156 cm³/mol. The Labute approximate surface area is 228 Å². The first-order valence-corrected chi connectivity index (χ1v) is 14.1. The van der Waals surface area contributed by atoms with Gasteiger partial charge in [-0.15, -0.1) is 0 Å². The van der Waals surface area contributed by atoms with Crippen molar-refractivity contribution < 1.29 is 14.6 Å². The minimum atomic E-state index is -0.739. The van der Waals surface area contributed by atoms with Gasteiger partial charge in [-0.3, -0.25) is 4.98 Å². The number of aryl methyl sites for hydroxylation is 1. The van der Waals surface area contributed by atoms with Crippen molar-refractivity contribution in [2.24, 2.45) is 0 Å². The van der Waals surface area contributed by atoms with E-state index in [0.29, 0.717) is 12.8 Å². The van der Waals surface area contributed by atoms with Crippen LogP contribution in [0.2, 0.25) is 0 Å². The van der Waals surface area contributed by atoms with Gasteiger partial charge in [0.1, 0.15) is 0 Å². The second-order valence-electron chi connectivity index (χ2n) is 10.6. The summed E-state index contributed by atoms with van der Waals surface area (Å²) >= 11 is 0. The average Bonchev–Trinajstić information content (AvgIpc) is 2.93. The van der Waals surface area contributed by atoms with Crippen molar-refractivity contribution in [3.05, 3.63) is 94.7 Å². The summed E-state index contributed by atoms with van der Waals surface area (Å²) in [4.78, 5) is 4.70. The van der Waals surface area contributed by atoms with Crippen molar-refractivity contribution in [1.29, 1.82) is 0 Å². The smallest absolute Gasteiger partial charge is 0.167 e. The molecule has 4 rings (SSSR count). The van der Waals surface area contributed by atoms with Crippen LogP contribution in [-0.4, -0.2) is 28.3 Å². The van der Waals surface area contributed by atoms with E-state index >= 15 is 0 Å². The van der Waals surface area contributed by atoms with E-state index in [1.54, 1.807) is 0 Å². The number of aromatic nitrogens is 1. The molecule has 1 saturated heterocycles. The molecule has 0 atom stereocenters. The van der Waals surface area contributed by atoms with Crippen LogP contribution in [0.5, 0.6) is 0 Å². The molecule has 1 aliphatic heterocycles. The summed E-state index contributed by atoms with van der Waals surface area (Å²) in [6, 6.07) is 19.9. The lowest BCUT2D eigenvalue weighted by Crippen LogP contribution is -2.40. The van der Waals surface area contributed by atoms with E-state index < -0.39 is 5.60 Å². The van der Waals surface area contributed by atoms with Crippen LogP contribution in [0.15, 0.2) is 66.9 Å². The summed E-state index contributed by atoms with van der Waals surface area (Å²) in [6.45, 7) is 12.7. The van der Waals surface area contributed by atoms with Crippen LogP contribution in [0.1, 0.15) is 88.1 Å². The number of pyridine rings is 1. The Morgan fingerprint density at radius 2 is 1.53 bits per heavy atom. The maximum atomic E-state index is 10.7. The molecule has 1 aromatic heterocycles. The van der Waals surface area contributed by atoms with E-state index in [1.807, 2.05) is 33.0 Å². The van der Waals surface area contributed by atoms with Gasteiger partial charge in [0.15, 0.2) is 12.6 Å². The third-order valence-electron chi connectivity index (χ3n) is 8.47. The van der Waals surface area contributed by atoms with Gasteiger partial charge in [-0.1, -0.05) is 88.4 Å². The fourth-order valence-corrected chi connectivity index (χ4v) is 5.53. The predicted octanol–water partition coefficient (Wildman–Crippen LogP) is 7.99. The Kier molecular flexibility index (Phi) is 8.87. The van der Waals surface area contributed by atoms with E-state index in [9.17, 15) is 5.11 Å². The lowest BCUT2D eigenvalue weighted by Gasteiger charge is -2.34. The van der Waals surface area contributed by atoms with Crippen molar-refractivity contribution in [3.8, 4) is 11.3 Å². The van der Waals surface area contributed by atoms with Crippen molar-refractivity contribution in [2.45, 2.75) is 97.2 Å². The summed E-state index contributed by atoms with van der Waals surface area (Å²) in [5.41, 5.74) is 7.44. The molecular weight excluding hydrogens is 470 g/mol. The molecule has 4 heteroatoms. The number of hydrogen-bond acceptors (Lipinski definition) is 4. The Morgan fingerprint density at radius 3 is 2.05 bits per heavy atom. The fourth-order valence-electron chi connectivity index (χ4n) is 5.53. The Hall–Kier alpha value is -2.79. The summed E-state index contributed by atoms with van der Waals surface area (Å²) < 4.78 is 11.1.